The molecule has 0 spiro atoms. The van der Waals surface area contributed by atoms with E-state index < -0.39 is 0 Å². The van der Waals surface area contributed by atoms with E-state index in [1.807, 2.05) is 49.7 Å². The molecule has 0 aliphatic heterocycles. The van der Waals surface area contributed by atoms with Crippen molar-refractivity contribution >= 4 is 27.5 Å². The molecule has 0 radical (unpaired) electrons. The first kappa shape index (κ1) is 14.7. The van der Waals surface area contributed by atoms with Crippen molar-refractivity contribution in [1.82, 2.24) is 14.8 Å². The van der Waals surface area contributed by atoms with E-state index in [-0.39, 0.29) is 12.4 Å². The maximum atomic E-state index is 11.7. The topological polar surface area (TPSA) is 57.0 Å². The molecule has 3 aromatic rings. The van der Waals surface area contributed by atoms with E-state index in [1.165, 1.54) is 0 Å². The maximum Gasteiger partial charge on any atom is 0.310 e. The van der Waals surface area contributed by atoms with Crippen LogP contribution in [0.2, 0.25) is 0 Å². The number of hydrogen-bond acceptors (Lipinski definition) is 5. The minimum atomic E-state index is -0.224. The van der Waals surface area contributed by atoms with Crippen molar-refractivity contribution in [2.24, 2.45) is 0 Å². The third-order valence-electron chi connectivity index (χ3n) is 3.53. The Kier molecular flexibility index (Phi) is 3.94. The zero-order chi connectivity index (χ0) is 15.7. The maximum absolute atomic E-state index is 11.7. The minimum Gasteiger partial charge on any atom is -0.466 e. The lowest BCUT2D eigenvalue weighted by Crippen LogP contribution is -2.09. The van der Waals surface area contributed by atoms with Crippen molar-refractivity contribution < 1.29 is 9.53 Å². The molecule has 0 fully saturated rings. The van der Waals surface area contributed by atoms with E-state index in [9.17, 15) is 4.79 Å². The lowest BCUT2D eigenvalue weighted by atomic mass is 10.1. The fourth-order valence-corrected chi connectivity index (χ4v) is 3.39. The number of thiazole rings is 1. The SMILES string of the molecule is CCOC(=O)Cc1c(C)nn(-c2nc3ccccc3s2)c1C. The molecular weight excluding hydrogens is 298 g/mol. The van der Waals surface area contributed by atoms with Gasteiger partial charge < -0.3 is 4.74 Å². The van der Waals surface area contributed by atoms with E-state index >= 15 is 0 Å². The number of aryl methyl sites for hydroxylation is 1. The summed E-state index contributed by atoms with van der Waals surface area (Å²) in [7, 11) is 0. The lowest BCUT2D eigenvalue weighted by molar-refractivity contribution is -0.142. The van der Waals surface area contributed by atoms with Crippen LogP contribution >= 0.6 is 11.3 Å². The highest BCUT2D eigenvalue weighted by Crippen LogP contribution is 2.26. The third-order valence-corrected chi connectivity index (χ3v) is 4.54. The number of esters is 1. The lowest BCUT2D eigenvalue weighted by Gasteiger charge is -2.03. The Morgan fingerprint density at radius 2 is 2.09 bits per heavy atom. The monoisotopic (exact) mass is 315 g/mol. The number of benzene rings is 1. The quantitative estimate of drug-likeness (QED) is 0.694. The molecule has 3 rings (SSSR count). The second-order valence-corrected chi connectivity index (χ2v) is 6.02. The molecule has 0 aliphatic carbocycles. The van der Waals surface area contributed by atoms with Gasteiger partial charge in [-0.05, 0) is 32.9 Å². The Hall–Kier alpha value is -2.21. The first-order valence-electron chi connectivity index (χ1n) is 7.16. The van der Waals surface area contributed by atoms with Crippen LogP contribution in [0.4, 0.5) is 0 Å². The second-order valence-electron chi connectivity index (χ2n) is 5.01. The molecule has 5 nitrogen and oxygen atoms in total. The fourth-order valence-electron chi connectivity index (χ4n) is 2.42. The number of carbonyl (C=O) groups is 1. The molecule has 22 heavy (non-hydrogen) atoms. The average molecular weight is 315 g/mol. The van der Waals surface area contributed by atoms with Gasteiger partial charge in [-0.2, -0.15) is 5.10 Å². The molecule has 114 valence electrons. The summed E-state index contributed by atoms with van der Waals surface area (Å²) >= 11 is 1.59. The molecule has 0 unspecified atom stereocenters. The minimum absolute atomic E-state index is 0.224. The van der Waals surface area contributed by atoms with Gasteiger partial charge in [0.2, 0.25) is 5.13 Å². The number of carbonyl (C=O) groups excluding carboxylic acids is 1. The summed E-state index contributed by atoms with van der Waals surface area (Å²) in [4.78, 5) is 16.3. The summed E-state index contributed by atoms with van der Waals surface area (Å²) in [6.07, 6.45) is 0.246. The number of rotatable bonds is 4. The van der Waals surface area contributed by atoms with E-state index in [0.29, 0.717) is 6.61 Å². The van der Waals surface area contributed by atoms with Crippen LogP contribution in [-0.2, 0) is 16.0 Å². The highest BCUT2D eigenvalue weighted by atomic mass is 32.1. The van der Waals surface area contributed by atoms with Crippen LogP contribution in [0.3, 0.4) is 0 Å². The summed E-state index contributed by atoms with van der Waals surface area (Å²) in [5.74, 6) is -0.224. The van der Waals surface area contributed by atoms with E-state index in [2.05, 4.69) is 10.1 Å². The highest BCUT2D eigenvalue weighted by Gasteiger charge is 2.18. The van der Waals surface area contributed by atoms with Gasteiger partial charge in [-0.3, -0.25) is 4.79 Å². The normalized spacial score (nSPS) is 11.0. The fraction of sp³-hybridized carbons (Fsp3) is 0.312. The van der Waals surface area contributed by atoms with Gasteiger partial charge in [0.15, 0.2) is 0 Å². The van der Waals surface area contributed by atoms with Crippen LogP contribution in [0.15, 0.2) is 24.3 Å². The van der Waals surface area contributed by atoms with Gasteiger partial charge in [0.05, 0.1) is 28.9 Å². The number of nitrogens with zero attached hydrogens (tertiary/aromatic N) is 3. The first-order valence-corrected chi connectivity index (χ1v) is 7.98. The van der Waals surface area contributed by atoms with Crippen LogP contribution in [0, 0.1) is 13.8 Å². The molecule has 2 aromatic heterocycles. The Labute approximate surface area is 132 Å². The van der Waals surface area contributed by atoms with Crippen molar-refractivity contribution in [3.8, 4) is 5.13 Å². The smallest absolute Gasteiger partial charge is 0.310 e. The molecular formula is C16H17N3O2S. The zero-order valence-corrected chi connectivity index (χ0v) is 13.6. The Morgan fingerprint density at radius 1 is 1.32 bits per heavy atom. The summed E-state index contributed by atoms with van der Waals surface area (Å²) in [6.45, 7) is 6.07. The third kappa shape index (κ3) is 2.62. The Morgan fingerprint density at radius 3 is 2.82 bits per heavy atom. The van der Waals surface area contributed by atoms with Gasteiger partial charge in [0, 0.05) is 11.3 Å². The highest BCUT2D eigenvalue weighted by molar-refractivity contribution is 7.20. The van der Waals surface area contributed by atoms with Gasteiger partial charge in [-0.25, -0.2) is 9.67 Å². The summed E-state index contributed by atoms with van der Waals surface area (Å²) in [6, 6.07) is 8.00. The predicted octanol–water partition coefficient (Wildman–Crippen LogP) is 3.20. The van der Waals surface area contributed by atoms with Crippen LogP contribution in [0.1, 0.15) is 23.9 Å². The predicted molar refractivity (Wildman–Crippen MR) is 86.6 cm³/mol. The van der Waals surface area contributed by atoms with Crippen LogP contribution < -0.4 is 0 Å². The number of hydrogen-bond donors (Lipinski definition) is 0. The van der Waals surface area contributed by atoms with Crippen molar-refractivity contribution in [2.45, 2.75) is 27.2 Å². The van der Waals surface area contributed by atoms with E-state index in [4.69, 9.17) is 4.74 Å². The van der Waals surface area contributed by atoms with Crippen LogP contribution in [0.25, 0.3) is 15.3 Å². The second kappa shape index (κ2) is 5.88. The number of para-hydroxylation sites is 1. The zero-order valence-electron chi connectivity index (χ0n) is 12.8. The molecule has 0 N–H and O–H groups in total. The van der Waals surface area contributed by atoms with Crippen molar-refractivity contribution in [1.29, 1.82) is 0 Å². The molecule has 0 aliphatic rings. The molecule has 2 heterocycles. The molecule has 0 bridgehead atoms. The van der Waals surface area contributed by atoms with Gasteiger partial charge in [-0.15, -0.1) is 0 Å². The van der Waals surface area contributed by atoms with Gasteiger partial charge in [0.25, 0.3) is 0 Å². The van der Waals surface area contributed by atoms with E-state index in [1.54, 1.807) is 11.3 Å². The molecule has 0 saturated carbocycles. The van der Waals surface area contributed by atoms with Crippen LogP contribution in [-0.4, -0.2) is 27.3 Å². The van der Waals surface area contributed by atoms with Crippen LogP contribution in [0.5, 0.6) is 0 Å². The van der Waals surface area contributed by atoms with Gasteiger partial charge in [-0.1, -0.05) is 23.5 Å². The Bertz CT molecular complexity index is 802. The molecule has 0 atom stereocenters. The average Bonchev–Trinajstić information content (AvgIpc) is 3.03. The Balaban J connectivity index is 1.99. The molecule has 0 amide bonds. The summed E-state index contributed by atoms with van der Waals surface area (Å²) in [5, 5.41) is 5.36. The summed E-state index contributed by atoms with van der Waals surface area (Å²) in [5.41, 5.74) is 3.65. The van der Waals surface area contributed by atoms with Gasteiger partial charge >= 0.3 is 5.97 Å². The number of fused-ring (bicyclic) bond motifs is 1. The molecule has 6 heteroatoms. The van der Waals surface area contributed by atoms with E-state index in [0.717, 1.165) is 32.3 Å². The number of ether oxygens (including phenoxy) is 1. The van der Waals surface area contributed by atoms with Crippen molar-refractivity contribution in [3.05, 3.63) is 41.2 Å². The van der Waals surface area contributed by atoms with Crippen molar-refractivity contribution in [2.75, 3.05) is 6.61 Å². The largest absolute Gasteiger partial charge is 0.466 e. The van der Waals surface area contributed by atoms with Gasteiger partial charge in [0.1, 0.15) is 0 Å². The molecule has 0 saturated heterocycles. The van der Waals surface area contributed by atoms with Crippen molar-refractivity contribution in [3.63, 3.8) is 0 Å². The number of aromatic nitrogens is 3. The standard InChI is InChI=1S/C16H17N3O2S/c1-4-21-15(20)9-12-10(2)18-19(11(12)3)16-17-13-7-5-6-8-14(13)22-16/h5-8H,4,9H2,1-3H3. The summed E-state index contributed by atoms with van der Waals surface area (Å²) < 4.78 is 7.97. The first-order chi connectivity index (χ1) is 10.6. The molecule has 1 aromatic carbocycles.